The molecule has 76 valence electrons. The fourth-order valence-electron chi connectivity index (χ4n) is 2.12. The van der Waals surface area contributed by atoms with Crippen molar-refractivity contribution in [2.75, 3.05) is 19.6 Å². The first kappa shape index (κ1) is 9.69. The summed E-state index contributed by atoms with van der Waals surface area (Å²) < 4.78 is 0. The van der Waals surface area contributed by atoms with Crippen LogP contribution in [0, 0.1) is 5.41 Å². The van der Waals surface area contributed by atoms with Gasteiger partial charge in [0, 0.05) is 31.6 Å². The number of benzene rings is 1. The standard InChI is InChI=1S/C12H18N2/c1-12(8-13)9-14(10-12)7-11-5-3-2-4-6-11/h2-6H,7-10,13H2,1H3. The van der Waals surface area contributed by atoms with Gasteiger partial charge < -0.3 is 5.73 Å². The van der Waals surface area contributed by atoms with Crippen molar-refractivity contribution in [1.29, 1.82) is 0 Å². The van der Waals surface area contributed by atoms with Crippen LogP contribution < -0.4 is 5.73 Å². The first-order chi connectivity index (χ1) is 6.72. The van der Waals surface area contributed by atoms with E-state index >= 15 is 0 Å². The molecule has 2 heteroatoms. The number of hydrogen-bond acceptors (Lipinski definition) is 2. The van der Waals surface area contributed by atoms with Gasteiger partial charge in [-0.15, -0.1) is 0 Å². The van der Waals surface area contributed by atoms with Gasteiger partial charge in [-0.3, -0.25) is 4.90 Å². The summed E-state index contributed by atoms with van der Waals surface area (Å²) in [6, 6.07) is 10.6. The molecule has 0 radical (unpaired) electrons. The van der Waals surface area contributed by atoms with Gasteiger partial charge in [-0.2, -0.15) is 0 Å². The second-order valence-corrected chi connectivity index (χ2v) is 4.65. The van der Waals surface area contributed by atoms with Crippen LogP contribution in [0.5, 0.6) is 0 Å². The zero-order valence-corrected chi connectivity index (χ0v) is 8.74. The summed E-state index contributed by atoms with van der Waals surface area (Å²) in [4.78, 5) is 2.45. The van der Waals surface area contributed by atoms with E-state index in [1.165, 1.54) is 5.56 Å². The summed E-state index contributed by atoms with van der Waals surface area (Å²) in [7, 11) is 0. The van der Waals surface area contributed by atoms with E-state index in [2.05, 4.69) is 42.2 Å². The number of rotatable bonds is 3. The first-order valence-electron chi connectivity index (χ1n) is 5.18. The number of nitrogens with zero attached hydrogens (tertiary/aromatic N) is 1. The molecule has 0 atom stereocenters. The second kappa shape index (κ2) is 3.71. The van der Waals surface area contributed by atoms with E-state index in [4.69, 9.17) is 5.73 Å². The smallest absolute Gasteiger partial charge is 0.0234 e. The summed E-state index contributed by atoms with van der Waals surface area (Å²) in [5.41, 5.74) is 7.46. The summed E-state index contributed by atoms with van der Waals surface area (Å²) in [5, 5.41) is 0. The average Bonchev–Trinajstić information content (AvgIpc) is 2.17. The van der Waals surface area contributed by atoms with Crippen LogP contribution in [0.3, 0.4) is 0 Å². The van der Waals surface area contributed by atoms with Crippen molar-refractivity contribution >= 4 is 0 Å². The average molecular weight is 190 g/mol. The highest BCUT2D eigenvalue weighted by molar-refractivity contribution is 5.15. The van der Waals surface area contributed by atoms with Crippen LogP contribution in [0.15, 0.2) is 30.3 Å². The Morgan fingerprint density at radius 2 is 1.93 bits per heavy atom. The normalized spacial score (nSPS) is 20.4. The van der Waals surface area contributed by atoms with E-state index in [9.17, 15) is 0 Å². The number of nitrogens with two attached hydrogens (primary N) is 1. The van der Waals surface area contributed by atoms with Crippen LogP contribution in [-0.4, -0.2) is 24.5 Å². The molecule has 2 N–H and O–H groups in total. The quantitative estimate of drug-likeness (QED) is 0.782. The van der Waals surface area contributed by atoms with Crippen LogP contribution in [0.2, 0.25) is 0 Å². The molecule has 0 amide bonds. The van der Waals surface area contributed by atoms with E-state index < -0.39 is 0 Å². The molecular formula is C12H18N2. The van der Waals surface area contributed by atoms with Crippen molar-refractivity contribution in [2.24, 2.45) is 11.1 Å². The summed E-state index contributed by atoms with van der Waals surface area (Å²) >= 11 is 0. The van der Waals surface area contributed by atoms with Gasteiger partial charge in [0.2, 0.25) is 0 Å². The van der Waals surface area contributed by atoms with E-state index in [0.717, 1.165) is 26.2 Å². The van der Waals surface area contributed by atoms with Crippen LogP contribution >= 0.6 is 0 Å². The molecule has 1 heterocycles. The van der Waals surface area contributed by atoms with Crippen molar-refractivity contribution in [2.45, 2.75) is 13.5 Å². The fourth-order valence-corrected chi connectivity index (χ4v) is 2.12. The molecule has 0 saturated carbocycles. The van der Waals surface area contributed by atoms with Gasteiger partial charge in [-0.25, -0.2) is 0 Å². The van der Waals surface area contributed by atoms with Gasteiger partial charge in [-0.05, 0) is 5.56 Å². The Morgan fingerprint density at radius 3 is 2.50 bits per heavy atom. The number of likely N-dealkylation sites (tertiary alicyclic amines) is 1. The third-order valence-corrected chi connectivity index (χ3v) is 2.95. The van der Waals surface area contributed by atoms with Crippen LogP contribution in [0.1, 0.15) is 12.5 Å². The Hall–Kier alpha value is -0.860. The van der Waals surface area contributed by atoms with Gasteiger partial charge in [0.1, 0.15) is 0 Å². The summed E-state index contributed by atoms with van der Waals surface area (Å²) in [6.45, 7) is 6.40. The maximum atomic E-state index is 5.70. The van der Waals surface area contributed by atoms with Crippen LogP contribution in [0.4, 0.5) is 0 Å². The molecule has 2 nitrogen and oxygen atoms in total. The van der Waals surface area contributed by atoms with E-state index in [-0.39, 0.29) is 0 Å². The topological polar surface area (TPSA) is 29.3 Å². The summed E-state index contributed by atoms with van der Waals surface area (Å²) in [5.74, 6) is 0. The zero-order chi connectivity index (χ0) is 10.0. The van der Waals surface area contributed by atoms with E-state index in [1.807, 2.05) is 0 Å². The molecule has 1 fully saturated rings. The highest BCUT2D eigenvalue weighted by Gasteiger charge is 2.36. The molecule has 0 spiro atoms. The Bertz CT molecular complexity index is 288. The van der Waals surface area contributed by atoms with Gasteiger partial charge in [-0.1, -0.05) is 37.3 Å². The molecule has 0 aromatic heterocycles. The lowest BCUT2D eigenvalue weighted by atomic mass is 9.82. The lowest BCUT2D eigenvalue weighted by molar-refractivity contribution is 0.0163. The maximum Gasteiger partial charge on any atom is 0.0234 e. The van der Waals surface area contributed by atoms with Crippen molar-refractivity contribution < 1.29 is 0 Å². The molecule has 2 rings (SSSR count). The van der Waals surface area contributed by atoms with Crippen molar-refractivity contribution in [3.05, 3.63) is 35.9 Å². The van der Waals surface area contributed by atoms with Gasteiger partial charge in [0.25, 0.3) is 0 Å². The first-order valence-corrected chi connectivity index (χ1v) is 5.18. The molecule has 1 aliphatic rings. The lowest BCUT2D eigenvalue weighted by Crippen LogP contribution is -2.57. The SMILES string of the molecule is CC1(CN)CN(Cc2ccccc2)C1. The van der Waals surface area contributed by atoms with Crippen molar-refractivity contribution in [3.8, 4) is 0 Å². The molecular weight excluding hydrogens is 172 g/mol. The third kappa shape index (κ3) is 1.97. The van der Waals surface area contributed by atoms with Crippen molar-refractivity contribution in [1.82, 2.24) is 4.90 Å². The lowest BCUT2D eigenvalue weighted by Gasteiger charge is -2.47. The predicted octanol–water partition coefficient (Wildman–Crippen LogP) is 1.47. The Labute approximate surface area is 85.7 Å². The molecule has 1 aromatic rings. The van der Waals surface area contributed by atoms with E-state index in [1.54, 1.807) is 0 Å². The zero-order valence-electron chi connectivity index (χ0n) is 8.74. The Kier molecular flexibility index (Phi) is 2.57. The molecule has 0 bridgehead atoms. The molecule has 0 aliphatic carbocycles. The predicted molar refractivity (Wildman–Crippen MR) is 58.9 cm³/mol. The fraction of sp³-hybridized carbons (Fsp3) is 0.500. The Balaban J connectivity index is 1.85. The molecule has 1 saturated heterocycles. The highest BCUT2D eigenvalue weighted by atomic mass is 15.2. The Morgan fingerprint density at radius 1 is 1.29 bits per heavy atom. The van der Waals surface area contributed by atoms with Crippen LogP contribution in [0.25, 0.3) is 0 Å². The van der Waals surface area contributed by atoms with Gasteiger partial charge in [0.05, 0.1) is 0 Å². The maximum absolute atomic E-state index is 5.70. The second-order valence-electron chi connectivity index (χ2n) is 4.65. The molecule has 1 aromatic carbocycles. The van der Waals surface area contributed by atoms with Gasteiger partial charge in [0.15, 0.2) is 0 Å². The molecule has 1 aliphatic heterocycles. The molecule has 14 heavy (non-hydrogen) atoms. The van der Waals surface area contributed by atoms with Crippen molar-refractivity contribution in [3.63, 3.8) is 0 Å². The highest BCUT2D eigenvalue weighted by Crippen LogP contribution is 2.29. The third-order valence-electron chi connectivity index (χ3n) is 2.95. The monoisotopic (exact) mass is 190 g/mol. The van der Waals surface area contributed by atoms with E-state index in [0.29, 0.717) is 5.41 Å². The minimum atomic E-state index is 0.370. The molecule has 0 unspecified atom stereocenters. The van der Waals surface area contributed by atoms with Crippen LogP contribution in [-0.2, 0) is 6.54 Å². The summed E-state index contributed by atoms with van der Waals surface area (Å²) in [6.07, 6.45) is 0. The largest absolute Gasteiger partial charge is 0.330 e. The number of hydrogen-bond donors (Lipinski definition) is 1. The minimum absolute atomic E-state index is 0.370. The van der Waals surface area contributed by atoms with Gasteiger partial charge >= 0.3 is 0 Å². The minimum Gasteiger partial charge on any atom is -0.330 e.